The van der Waals surface area contributed by atoms with Gasteiger partial charge in [0.2, 0.25) is 0 Å². The minimum atomic E-state index is 0.791. The van der Waals surface area contributed by atoms with E-state index in [1.807, 2.05) is 0 Å². The van der Waals surface area contributed by atoms with Gasteiger partial charge in [-0.2, -0.15) is 11.8 Å². The molecule has 17 heavy (non-hydrogen) atoms. The fourth-order valence-electron chi connectivity index (χ4n) is 2.91. The van der Waals surface area contributed by atoms with Gasteiger partial charge < -0.3 is 4.57 Å². The predicted molar refractivity (Wildman–Crippen MR) is 71.3 cm³/mol. The van der Waals surface area contributed by atoms with Gasteiger partial charge in [0.05, 0.1) is 0 Å². The Kier molecular flexibility index (Phi) is 3.41. The van der Waals surface area contributed by atoms with E-state index in [4.69, 9.17) is 0 Å². The van der Waals surface area contributed by atoms with Crippen LogP contribution in [0.5, 0.6) is 0 Å². The van der Waals surface area contributed by atoms with Crippen LogP contribution in [0.3, 0.4) is 0 Å². The zero-order valence-corrected chi connectivity index (χ0v) is 11.4. The van der Waals surface area contributed by atoms with Crippen molar-refractivity contribution in [1.82, 2.24) is 14.8 Å². The standard InChI is InChI=1S/C13H21N3S/c1-10-2-3-12-14-15-13(16(12)9-10)8-11-4-6-17-7-5-11/h10-11H,2-9H2,1H3. The zero-order valence-electron chi connectivity index (χ0n) is 10.6. The molecule has 1 fully saturated rings. The SMILES string of the molecule is CC1CCc2nnc(CC3CCSCC3)n2C1. The number of hydrogen-bond acceptors (Lipinski definition) is 3. The first-order chi connectivity index (χ1) is 8.33. The third kappa shape index (κ3) is 2.51. The number of aromatic nitrogens is 3. The molecule has 0 spiro atoms. The molecule has 0 bridgehead atoms. The van der Waals surface area contributed by atoms with Gasteiger partial charge in [-0.3, -0.25) is 0 Å². The van der Waals surface area contributed by atoms with Crippen LogP contribution < -0.4 is 0 Å². The molecule has 2 aliphatic rings. The molecule has 1 atom stereocenters. The number of aryl methyl sites for hydroxylation is 1. The minimum Gasteiger partial charge on any atom is -0.315 e. The summed E-state index contributed by atoms with van der Waals surface area (Å²) < 4.78 is 2.40. The lowest BCUT2D eigenvalue weighted by atomic mass is 9.97. The van der Waals surface area contributed by atoms with Gasteiger partial charge in [-0.25, -0.2) is 0 Å². The van der Waals surface area contributed by atoms with Crippen LogP contribution in [-0.2, 0) is 19.4 Å². The molecule has 0 aromatic carbocycles. The van der Waals surface area contributed by atoms with Crippen molar-refractivity contribution < 1.29 is 0 Å². The molecule has 1 aromatic heterocycles. The van der Waals surface area contributed by atoms with Crippen LogP contribution in [0.4, 0.5) is 0 Å². The summed E-state index contributed by atoms with van der Waals surface area (Å²) in [5, 5.41) is 8.80. The Bertz CT molecular complexity index is 382. The van der Waals surface area contributed by atoms with E-state index in [1.165, 1.54) is 42.4 Å². The van der Waals surface area contributed by atoms with Crippen molar-refractivity contribution in [1.29, 1.82) is 0 Å². The van der Waals surface area contributed by atoms with Crippen LogP contribution in [0.15, 0.2) is 0 Å². The molecule has 1 aromatic rings. The third-order valence-electron chi connectivity index (χ3n) is 4.07. The normalized spacial score (nSPS) is 25.8. The maximum Gasteiger partial charge on any atom is 0.133 e. The van der Waals surface area contributed by atoms with Gasteiger partial charge in [-0.1, -0.05) is 6.92 Å². The second-order valence-electron chi connectivity index (χ2n) is 5.55. The van der Waals surface area contributed by atoms with E-state index in [1.54, 1.807) is 0 Å². The molecule has 3 heterocycles. The Balaban J connectivity index is 1.72. The van der Waals surface area contributed by atoms with E-state index < -0.39 is 0 Å². The van der Waals surface area contributed by atoms with Crippen molar-refractivity contribution in [3.8, 4) is 0 Å². The fraction of sp³-hybridized carbons (Fsp3) is 0.846. The van der Waals surface area contributed by atoms with Gasteiger partial charge in [-0.05, 0) is 42.6 Å². The zero-order chi connectivity index (χ0) is 11.7. The molecule has 2 aliphatic heterocycles. The number of hydrogen-bond donors (Lipinski definition) is 0. The van der Waals surface area contributed by atoms with Crippen molar-refractivity contribution >= 4 is 11.8 Å². The topological polar surface area (TPSA) is 30.7 Å². The molecule has 3 rings (SSSR count). The Hall–Kier alpha value is -0.510. The van der Waals surface area contributed by atoms with Gasteiger partial charge in [0.1, 0.15) is 11.6 Å². The maximum absolute atomic E-state index is 4.43. The highest BCUT2D eigenvalue weighted by Crippen LogP contribution is 2.27. The second-order valence-corrected chi connectivity index (χ2v) is 6.77. The second kappa shape index (κ2) is 5.01. The van der Waals surface area contributed by atoms with E-state index in [0.29, 0.717) is 0 Å². The summed E-state index contributed by atoms with van der Waals surface area (Å²) in [5.41, 5.74) is 0. The summed E-state index contributed by atoms with van der Waals surface area (Å²) in [5.74, 6) is 6.79. The quantitative estimate of drug-likeness (QED) is 0.809. The molecule has 0 amide bonds. The summed E-state index contributed by atoms with van der Waals surface area (Å²) >= 11 is 2.10. The lowest BCUT2D eigenvalue weighted by Gasteiger charge is -2.24. The highest BCUT2D eigenvalue weighted by Gasteiger charge is 2.23. The molecule has 1 unspecified atom stereocenters. The third-order valence-corrected chi connectivity index (χ3v) is 5.12. The molecular formula is C13H21N3S. The van der Waals surface area contributed by atoms with Crippen LogP contribution in [-0.4, -0.2) is 26.3 Å². The van der Waals surface area contributed by atoms with E-state index in [-0.39, 0.29) is 0 Å². The van der Waals surface area contributed by atoms with E-state index >= 15 is 0 Å². The van der Waals surface area contributed by atoms with Crippen LogP contribution in [0.25, 0.3) is 0 Å². The van der Waals surface area contributed by atoms with Gasteiger partial charge in [0.15, 0.2) is 0 Å². The van der Waals surface area contributed by atoms with E-state index in [9.17, 15) is 0 Å². The minimum absolute atomic E-state index is 0.791. The summed E-state index contributed by atoms with van der Waals surface area (Å²) in [4.78, 5) is 0. The number of thioether (sulfide) groups is 1. The number of nitrogens with zero attached hydrogens (tertiary/aromatic N) is 3. The summed E-state index contributed by atoms with van der Waals surface area (Å²) in [7, 11) is 0. The molecule has 0 N–H and O–H groups in total. The lowest BCUT2D eigenvalue weighted by Crippen LogP contribution is -2.22. The fourth-order valence-corrected chi connectivity index (χ4v) is 4.11. The highest BCUT2D eigenvalue weighted by atomic mass is 32.2. The molecule has 0 saturated carbocycles. The summed E-state index contributed by atoms with van der Waals surface area (Å²) in [6.07, 6.45) is 6.28. The largest absolute Gasteiger partial charge is 0.315 e. The Morgan fingerprint density at radius 3 is 2.88 bits per heavy atom. The van der Waals surface area contributed by atoms with Gasteiger partial charge in [0.25, 0.3) is 0 Å². The van der Waals surface area contributed by atoms with Crippen molar-refractivity contribution in [2.75, 3.05) is 11.5 Å². The van der Waals surface area contributed by atoms with E-state index in [2.05, 4.69) is 33.5 Å². The number of fused-ring (bicyclic) bond motifs is 1. The first-order valence-corrected chi connectivity index (χ1v) is 7.97. The summed E-state index contributed by atoms with van der Waals surface area (Å²) in [6.45, 7) is 3.48. The first-order valence-electron chi connectivity index (χ1n) is 6.81. The Labute approximate surface area is 107 Å². The van der Waals surface area contributed by atoms with E-state index in [0.717, 1.165) is 31.2 Å². The molecule has 1 saturated heterocycles. The summed E-state index contributed by atoms with van der Waals surface area (Å²) in [6, 6.07) is 0. The van der Waals surface area contributed by atoms with Crippen LogP contribution in [0.2, 0.25) is 0 Å². The first kappa shape index (κ1) is 11.6. The van der Waals surface area contributed by atoms with Gasteiger partial charge in [-0.15, -0.1) is 10.2 Å². The molecule has 0 aliphatic carbocycles. The van der Waals surface area contributed by atoms with Crippen molar-refractivity contribution in [3.05, 3.63) is 11.6 Å². The van der Waals surface area contributed by atoms with Gasteiger partial charge in [0, 0.05) is 19.4 Å². The smallest absolute Gasteiger partial charge is 0.133 e. The predicted octanol–water partition coefficient (Wildman–Crippen LogP) is 2.55. The monoisotopic (exact) mass is 251 g/mol. The van der Waals surface area contributed by atoms with Crippen molar-refractivity contribution in [2.24, 2.45) is 11.8 Å². The molecule has 94 valence electrons. The Morgan fingerprint density at radius 2 is 2.06 bits per heavy atom. The molecule has 4 heteroatoms. The molecular weight excluding hydrogens is 230 g/mol. The lowest BCUT2D eigenvalue weighted by molar-refractivity contribution is 0.375. The van der Waals surface area contributed by atoms with Crippen LogP contribution in [0.1, 0.15) is 37.8 Å². The maximum atomic E-state index is 4.43. The number of rotatable bonds is 2. The average molecular weight is 251 g/mol. The van der Waals surface area contributed by atoms with Gasteiger partial charge >= 0.3 is 0 Å². The molecule has 3 nitrogen and oxygen atoms in total. The van der Waals surface area contributed by atoms with Crippen molar-refractivity contribution in [3.63, 3.8) is 0 Å². The van der Waals surface area contributed by atoms with Crippen LogP contribution >= 0.6 is 11.8 Å². The Morgan fingerprint density at radius 1 is 1.24 bits per heavy atom. The molecule has 0 radical (unpaired) electrons. The average Bonchev–Trinajstić information content (AvgIpc) is 2.73. The van der Waals surface area contributed by atoms with Crippen LogP contribution in [0, 0.1) is 11.8 Å². The highest BCUT2D eigenvalue weighted by molar-refractivity contribution is 7.99. The van der Waals surface area contributed by atoms with Crippen molar-refractivity contribution in [2.45, 2.75) is 45.6 Å².